The molecule has 0 spiro atoms. The normalized spacial score (nSPS) is 15.0. The number of pyridine rings is 1. The number of nitrogens with two attached hydrogens (primary N) is 2. The molecule has 4 heterocycles. The van der Waals surface area contributed by atoms with Crippen molar-refractivity contribution in [2.45, 2.75) is 26.2 Å². The third-order valence-corrected chi connectivity index (χ3v) is 6.99. The van der Waals surface area contributed by atoms with Gasteiger partial charge in [0.05, 0.1) is 27.8 Å². The first-order valence-corrected chi connectivity index (χ1v) is 12.7. The van der Waals surface area contributed by atoms with Gasteiger partial charge in [-0.3, -0.25) is 9.67 Å². The van der Waals surface area contributed by atoms with Gasteiger partial charge in [-0.15, -0.1) is 0 Å². The van der Waals surface area contributed by atoms with Gasteiger partial charge in [0.15, 0.2) is 0 Å². The van der Waals surface area contributed by atoms with Crippen LogP contribution in [-0.4, -0.2) is 45.0 Å². The standard InChI is InChI=1S/C17H19N7.C12H16O/c1-9(18)17(23(2)19)11-5-14-16(20-7-11)12-4-10-8-21-24(3)15(10)6-13(12)22-14;1-2-4-11(5-3-1)10-12-6-8-13-9-7-12/h4-8,21H,18-19H2,1-3H3;1-5,12H,6-10H2/b17-9-;. The molecule has 5 N–H and O–H groups in total. The Labute approximate surface area is 216 Å². The van der Waals surface area contributed by atoms with Gasteiger partial charge in [-0.25, -0.2) is 10.8 Å². The molecule has 3 aromatic heterocycles. The zero-order valence-electron chi connectivity index (χ0n) is 21.7. The summed E-state index contributed by atoms with van der Waals surface area (Å²) in [6, 6.07) is 16.9. The maximum absolute atomic E-state index is 5.96. The highest BCUT2D eigenvalue weighted by molar-refractivity contribution is 6.10. The van der Waals surface area contributed by atoms with Gasteiger partial charge in [-0.2, -0.15) is 0 Å². The lowest BCUT2D eigenvalue weighted by Gasteiger charge is -2.21. The van der Waals surface area contributed by atoms with Crippen molar-refractivity contribution < 1.29 is 4.74 Å². The van der Waals surface area contributed by atoms with Crippen LogP contribution in [0.1, 0.15) is 30.9 Å². The molecule has 1 aliphatic rings. The maximum atomic E-state index is 5.96. The van der Waals surface area contributed by atoms with E-state index in [1.54, 1.807) is 13.2 Å². The minimum absolute atomic E-state index is 0.638. The predicted molar refractivity (Wildman–Crippen MR) is 150 cm³/mol. The molecule has 1 aliphatic heterocycles. The van der Waals surface area contributed by atoms with Crippen LogP contribution in [0.15, 0.2) is 66.6 Å². The summed E-state index contributed by atoms with van der Waals surface area (Å²) in [5.41, 5.74) is 13.4. The number of aromatic nitrogens is 4. The van der Waals surface area contributed by atoms with Gasteiger partial charge in [0.2, 0.25) is 0 Å². The summed E-state index contributed by atoms with van der Waals surface area (Å²) >= 11 is 0. The van der Waals surface area contributed by atoms with Gasteiger partial charge in [0.25, 0.3) is 0 Å². The van der Waals surface area contributed by atoms with Crippen LogP contribution < -0.4 is 11.6 Å². The largest absolute Gasteiger partial charge is 0.401 e. The summed E-state index contributed by atoms with van der Waals surface area (Å²) in [5.74, 6) is 6.74. The number of ether oxygens (including phenoxy) is 1. The van der Waals surface area contributed by atoms with E-state index in [2.05, 4.69) is 52.5 Å². The predicted octanol–water partition coefficient (Wildman–Crippen LogP) is 4.71. The number of benzene rings is 2. The van der Waals surface area contributed by atoms with Crippen molar-refractivity contribution in [2.24, 2.45) is 24.5 Å². The van der Waals surface area contributed by atoms with E-state index in [-0.39, 0.29) is 0 Å². The number of hydrogen-bond donors (Lipinski definition) is 3. The van der Waals surface area contributed by atoms with E-state index in [9.17, 15) is 0 Å². The van der Waals surface area contributed by atoms with Crippen LogP contribution in [0.3, 0.4) is 0 Å². The second-order valence-electron chi connectivity index (χ2n) is 9.85. The minimum Gasteiger partial charge on any atom is -0.401 e. The van der Waals surface area contributed by atoms with E-state index >= 15 is 0 Å². The number of hydrogen-bond acceptors (Lipinski definition) is 6. The minimum atomic E-state index is 0.638. The van der Waals surface area contributed by atoms with E-state index in [0.717, 1.165) is 63.2 Å². The van der Waals surface area contributed by atoms with Crippen LogP contribution in [0.2, 0.25) is 0 Å². The summed E-state index contributed by atoms with van der Waals surface area (Å²) in [5, 5.41) is 6.84. The molecule has 0 radical (unpaired) electrons. The average molecular weight is 498 g/mol. The van der Waals surface area contributed by atoms with Gasteiger partial charge in [-0.1, -0.05) is 30.3 Å². The van der Waals surface area contributed by atoms with E-state index < -0.39 is 0 Å². The second-order valence-corrected chi connectivity index (χ2v) is 9.85. The lowest BCUT2D eigenvalue weighted by atomic mass is 9.92. The van der Waals surface area contributed by atoms with Crippen LogP contribution in [0.4, 0.5) is 0 Å². The van der Waals surface area contributed by atoms with Gasteiger partial charge in [-0.05, 0) is 55.9 Å². The second kappa shape index (κ2) is 10.6. The van der Waals surface area contributed by atoms with Crippen molar-refractivity contribution in [3.05, 3.63) is 77.7 Å². The molecule has 192 valence electrons. The summed E-state index contributed by atoms with van der Waals surface area (Å²) < 4.78 is 7.30. The third kappa shape index (κ3) is 5.30. The molecule has 0 amide bonds. The molecule has 0 atom stereocenters. The van der Waals surface area contributed by atoms with E-state index in [4.69, 9.17) is 21.3 Å². The summed E-state index contributed by atoms with van der Waals surface area (Å²) in [7, 11) is 3.74. The number of aromatic amines is 1. The van der Waals surface area contributed by atoms with Crippen LogP contribution in [-0.2, 0) is 18.2 Å². The Morgan fingerprint density at radius 1 is 1.14 bits per heavy atom. The fraction of sp³-hybridized carbons (Fsp3) is 0.310. The summed E-state index contributed by atoms with van der Waals surface area (Å²) in [4.78, 5) is 9.35. The fourth-order valence-corrected chi connectivity index (χ4v) is 5.13. The Morgan fingerprint density at radius 3 is 2.59 bits per heavy atom. The van der Waals surface area contributed by atoms with Crippen molar-refractivity contribution in [1.82, 2.24) is 24.8 Å². The molecule has 8 heteroatoms. The highest BCUT2D eigenvalue weighted by atomic mass is 16.5. The number of H-pyrrole nitrogens is 1. The van der Waals surface area contributed by atoms with Crippen molar-refractivity contribution in [1.29, 1.82) is 0 Å². The molecule has 1 fully saturated rings. The number of nitrogens with one attached hydrogen (secondary N) is 1. The quantitative estimate of drug-likeness (QED) is 0.245. The molecule has 37 heavy (non-hydrogen) atoms. The lowest BCUT2D eigenvalue weighted by Crippen LogP contribution is -2.26. The molecular weight excluding hydrogens is 462 g/mol. The summed E-state index contributed by atoms with van der Waals surface area (Å²) in [6.45, 7) is 3.73. The number of nitrogens with zero attached hydrogens (tertiary/aromatic N) is 4. The first-order valence-electron chi connectivity index (χ1n) is 12.7. The third-order valence-electron chi connectivity index (χ3n) is 6.99. The Morgan fingerprint density at radius 2 is 1.89 bits per heavy atom. The van der Waals surface area contributed by atoms with Gasteiger partial charge in [0.1, 0.15) is 0 Å². The number of rotatable bonds is 4. The molecule has 0 bridgehead atoms. The molecule has 0 saturated carbocycles. The first-order chi connectivity index (χ1) is 17.9. The molecule has 6 rings (SSSR count). The van der Waals surface area contributed by atoms with Gasteiger partial charge < -0.3 is 20.6 Å². The molecule has 2 aromatic carbocycles. The lowest BCUT2D eigenvalue weighted by molar-refractivity contribution is 0.0665. The molecule has 0 unspecified atom stereocenters. The zero-order chi connectivity index (χ0) is 25.9. The van der Waals surface area contributed by atoms with Crippen LogP contribution in [0, 0.1) is 5.92 Å². The van der Waals surface area contributed by atoms with Crippen molar-refractivity contribution in [3.8, 4) is 0 Å². The van der Waals surface area contributed by atoms with Crippen molar-refractivity contribution in [3.63, 3.8) is 0 Å². The van der Waals surface area contributed by atoms with Crippen molar-refractivity contribution in [2.75, 3.05) is 20.3 Å². The maximum Gasteiger partial charge on any atom is 0.0981 e. The van der Waals surface area contributed by atoms with Crippen LogP contribution >= 0.6 is 0 Å². The molecule has 8 nitrogen and oxygen atoms in total. The number of hydrazine groups is 1. The number of aryl methyl sites for hydroxylation is 1. The molecule has 1 saturated heterocycles. The average Bonchev–Trinajstić information content (AvgIpc) is 3.43. The molecule has 5 aromatic rings. The van der Waals surface area contributed by atoms with Crippen LogP contribution in [0.5, 0.6) is 0 Å². The number of fused-ring (bicyclic) bond motifs is 4. The highest BCUT2D eigenvalue weighted by Gasteiger charge is 2.15. The zero-order valence-corrected chi connectivity index (χ0v) is 21.7. The highest BCUT2D eigenvalue weighted by Crippen LogP contribution is 2.30. The van der Waals surface area contributed by atoms with E-state index in [1.165, 1.54) is 29.8 Å². The Balaban J connectivity index is 0.000000182. The molecule has 0 aliphatic carbocycles. The van der Waals surface area contributed by atoms with Crippen molar-refractivity contribution >= 4 is 38.5 Å². The number of allylic oxidation sites excluding steroid dienone is 1. The Bertz CT molecular complexity index is 1540. The summed E-state index contributed by atoms with van der Waals surface area (Å²) in [6.07, 6.45) is 7.46. The molecular formula is C29H35N7O. The van der Waals surface area contributed by atoms with E-state index in [0.29, 0.717) is 5.70 Å². The van der Waals surface area contributed by atoms with Gasteiger partial charge >= 0.3 is 0 Å². The smallest absolute Gasteiger partial charge is 0.0981 e. The fourth-order valence-electron chi connectivity index (χ4n) is 5.13. The first kappa shape index (κ1) is 24.8. The monoisotopic (exact) mass is 497 g/mol. The Kier molecular flexibility index (Phi) is 7.12. The van der Waals surface area contributed by atoms with E-state index in [1.807, 2.05) is 30.9 Å². The SMILES string of the molecule is C/C(N)=C(\c1cnc2c(c1)nc1cc3c(c[nH]n3C)cc12)N(C)N.c1ccc(CC2CCOCC2)cc1. The van der Waals surface area contributed by atoms with Gasteiger partial charge in [0, 0.05) is 61.7 Å². The van der Waals surface area contributed by atoms with Crippen LogP contribution in [0.25, 0.3) is 38.5 Å². The topological polar surface area (TPSA) is 111 Å². The Hall–Kier alpha value is -3.88.